The lowest BCUT2D eigenvalue weighted by atomic mass is 9.86. The van der Waals surface area contributed by atoms with Crippen LogP contribution in [0.3, 0.4) is 0 Å². The van der Waals surface area contributed by atoms with Gasteiger partial charge in [0.25, 0.3) is 0 Å². The highest BCUT2D eigenvalue weighted by Gasteiger charge is 2.42. The van der Waals surface area contributed by atoms with E-state index < -0.39 is 18.0 Å². The molecule has 0 aromatic heterocycles. The molecule has 1 saturated carbocycles. The van der Waals surface area contributed by atoms with Gasteiger partial charge in [0, 0.05) is 12.3 Å². The van der Waals surface area contributed by atoms with Crippen LogP contribution in [0.25, 0.3) is 0 Å². The average molecular weight is 290 g/mol. The van der Waals surface area contributed by atoms with E-state index >= 15 is 0 Å². The van der Waals surface area contributed by atoms with Crippen molar-refractivity contribution in [2.75, 3.05) is 6.61 Å². The van der Waals surface area contributed by atoms with Crippen molar-refractivity contribution in [2.45, 2.75) is 38.7 Å². The molecule has 3 rings (SSSR count). The summed E-state index contributed by atoms with van der Waals surface area (Å²) in [6, 6.07) is 5.74. The number of aliphatic hydroxyl groups is 1. The molecule has 21 heavy (non-hydrogen) atoms. The van der Waals surface area contributed by atoms with Crippen LogP contribution < -0.4 is 4.74 Å². The second kappa shape index (κ2) is 5.68. The third kappa shape index (κ3) is 2.64. The molecular formula is C17H22O4. The molecule has 114 valence electrons. The first-order valence-electron chi connectivity index (χ1n) is 7.76. The van der Waals surface area contributed by atoms with Crippen LogP contribution in [0.4, 0.5) is 0 Å². The Hall–Kier alpha value is -1.55. The summed E-state index contributed by atoms with van der Waals surface area (Å²) in [6.07, 6.45) is 2.61. The fourth-order valence-corrected chi connectivity index (χ4v) is 3.78. The Bertz CT molecular complexity index is 540. The van der Waals surface area contributed by atoms with Crippen LogP contribution in [-0.2, 0) is 11.2 Å². The SMILES string of the molecule is CCC1CC(C(=O)O)C(C(O)c2ccc3c(c2)CCO3)C1. The highest BCUT2D eigenvalue weighted by Crippen LogP contribution is 2.45. The molecule has 2 aliphatic rings. The summed E-state index contributed by atoms with van der Waals surface area (Å²) in [5.41, 5.74) is 1.94. The van der Waals surface area contributed by atoms with E-state index in [2.05, 4.69) is 6.92 Å². The number of carboxylic acids is 1. The molecule has 1 aliphatic heterocycles. The number of carboxylic acid groups (broad SMARTS) is 1. The van der Waals surface area contributed by atoms with Crippen molar-refractivity contribution in [1.29, 1.82) is 0 Å². The molecule has 4 heteroatoms. The maximum atomic E-state index is 11.5. The minimum atomic E-state index is -0.778. The summed E-state index contributed by atoms with van der Waals surface area (Å²) in [5, 5.41) is 20.1. The van der Waals surface area contributed by atoms with Gasteiger partial charge in [0.15, 0.2) is 0 Å². The molecule has 4 unspecified atom stereocenters. The van der Waals surface area contributed by atoms with Gasteiger partial charge in [-0.3, -0.25) is 4.79 Å². The number of hydrogen-bond donors (Lipinski definition) is 2. The number of benzene rings is 1. The molecule has 0 bridgehead atoms. The summed E-state index contributed by atoms with van der Waals surface area (Å²) in [5.74, 6) is -0.108. The molecule has 0 spiro atoms. The van der Waals surface area contributed by atoms with Gasteiger partial charge in [0.2, 0.25) is 0 Å². The van der Waals surface area contributed by atoms with E-state index in [0.29, 0.717) is 18.9 Å². The third-order valence-electron chi connectivity index (χ3n) is 5.06. The lowest BCUT2D eigenvalue weighted by Crippen LogP contribution is -2.23. The number of aliphatic carboxylic acids is 1. The van der Waals surface area contributed by atoms with E-state index in [0.717, 1.165) is 36.1 Å². The van der Waals surface area contributed by atoms with Gasteiger partial charge in [-0.1, -0.05) is 19.4 Å². The van der Waals surface area contributed by atoms with Gasteiger partial charge in [-0.05, 0) is 42.0 Å². The van der Waals surface area contributed by atoms with Crippen molar-refractivity contribution in [3.05, 3.63) is 29.3 Å². The number of ether oxygens (including phenoxy) is 1. The first-order valence-corrected chi connectivity index (χ1v) is 7.76. The zero-order valence-electron chi connectivity index (χ0n) is 12.3. The van der Waals surface area contributed by atoms with E-state index in [9.17, 15) is 15.0 Å². The van der Waals surface area contributed by atoms with Crippen LogP contribution in [0.2, 0.25) is 0 Å². The summed E-state index contributed by atoms with van der Waals surface area (Å²) in [6.45, 7) is 2.78. The fraction of sp³-hybridized carbons (Fsp3) is 0.588. The Morgan fingerprint density at radius 3 is 2.95 bits per heavy atom. The normalized spacial score (nSPS) is 29.0. The Kier molecular flexibility index (Phi) is 3.89. The zero-order chi connectivity index (χ0) is 15.0. The Morgan fingerprint density at radius 1 is 1.43 bits per heavy atom. The van der Waals surface area contributed by atoms with Crippen molar-refractivity contribution < 1.29 is 19.7 Å². The highest BCUT2D eigenvalue weighted by atomic mass is 16.5. The minimum absolute atomic E-state index is 0.187. The van der Waals surface area contributed by atoms with E-state index in [1.54, 1.807) is 0 Å². The lowest BCUT2D eigenvalue weighted by Gasteiger charge is -2.23. The predicted molar refractivity (Wildman–Crippen MR) is 78.2 cm³/mol. The van der Waals surface area contributed by atoms with Gasteiger partial charge in [-0.2, -0.15) is 0 Å². The van der Waals surface area contributed by atoms with Crippen molar-refractivity contribution in [2.24, 2.45) is 17.8 Å². The van der Waals surface area contributed by atoms with Crippen molar-refractivity contribution >= 4 is 5.97 Å². The van der Waals surface area contributed by atoms with E-state index in [-0.39, 0.29) is 5.92 Å². The van der Waals surface area contributed by atoms with Gasteiger partial charge < -0.3 is 14.9 Å². The molecule has 1 aromatic rings. The smallest absolute Gasteiger partial charge is 0.306 e. The Morgan fingerprint density at radius 2 is 2.24 bits per heavy atom. The lowest BCUT2D eigenvalue weighted by molar-refractivity contribution is -0.144. The number of hydrogen-bond acceptors (Lipinski definition) is 3. The van der Waals surface area contributed by atoms with Crippen LogP contribution in [0.15, 0.2) is 18.2 Å². The van der Waals surface area contributed by atoms with Crippen molar-refractivity contribution in [3.63, 3.8) is 0 Å². The molecule has 2 N–H and O–H groups in total. The maximum Gasteiger partial charge on any atom is 0.306 e. The molecule has 1 heterocycles. The van der Waals surface area contributed by atoms with Crippen molar-refractivity contribution in [1.82, 2.24) is 0 Å². The molecule has 1 aliphatic carbocycles. The zero-order valence-corrected chi connectivity index (χ0v) is 12.3. The van der Waals surface area contributed by atoms with Crippen LogP contribution in [-0.4, -0.2) is 22.8 Å². The molecule has 1 fully saturated rings. The number of aliphatic hydroxyl groups excluding tert-OH is 1. The minimum Gasteiger partial charge on any atom is -0.493 e. The molecule has 4 atom stereocenters. The Balaban J connectivity index is 1.83. The second-order valence-corrected chi connectivity index (χ2v) is 6.26. The highest BCUT2D eigenvalue weighted by molar-refractivity contribution is 5.71. The predicted octanol–water partition coefficient (Wildman–Crippen LogP) is 2.79. The topological polar surface area (TPSA) is 66.8 Å². The van der Waals surface area contributed by atoms with Gasteiger partial charge in [-0.15, -0.1) is 0 Å². The quantitative estimate of drug-likeness (QED) is 0.895. The molecule has 4 nitrogen and oxygen atoms in total. The number of fused-ring (bicyclic) bond motifs is 1. The second-order valence-electron chi connectivity index (χ2n) is 6.26. The monoisotopic (exact) mass is 290 g/mol. The molecular weight excluding hydrogens is 268 g/mol. The average Bonchev–Trinajstić information content (AvgIpc) is 3.11. The van der Waals surface area contributed by atoms with E-state index in [1.807, 2.05) is 18.2 Å². The largest absolute Gasteiger partial charge is 0.493 e. The summed E-state index contributed by atoms with van der Waals surface area (Å²) in [7, 11) is 0. The third-order valence-corrected chi connectivity index (χ3v) is 5.06. The standard InChI is InChI=1S/C17H22O4/c1-2-10-7-13(14(8-10)17(19)20)16(18)12-3-4-15-11(9-12)5-6-21-15/h3-4,9-10,13-14,16,18H,2,5-8H2,1H3,(H,19,20). The van der Waals surface area contributed by atoms with Gasteiger partial charge in [0.1, 0.15) is 5.75 Å². The molecule has 0 saturated heterocycles. The van der Waals surface area contributed by atoms with Crippen LogP contribution in [0.1, 0.15) is 43.4 Å². The van der Waals surface area contributed by atoms with Crippen LogP contribution >= 0.6 is 0 Å². The number of rotatable bonds is 4. The van der Waals surface area contributed by atoms with Gasteiger partial charge in [0.05, 0.1) is 18.6 Å². The van der Waals surface area contributed by atoms with Gasteiger partial charge >= 0.3 is 5.97 Å². The van der Waals surface area contributed by atoms with Crippen LogP contribution in [0, 0.1) is 17.8 Å². The van der Waals surface area contributed by atoms with E-state index in [4.69, 9.17) is 4.74 Å². The summed E-state index contributed by atoms with van der Waals surface area (Å²) < 4.78 is 5.48. The van der Waals surface area contributed by atoms with Crippen molar-refractivity contribution in [3.8, 4) is 5.75 Å². The van der Waals surface area contributed by atoms with Gasteiger partial charge in [-0.25, -0.2) is 0 Å². The maximum absolute atomic E-state index is 11.5. The molecule has 0 amide bonds. The molecule has 0 radical (unpaired) electrons. The summed E-state index contributed by atoms with van der Waals surface area (Å²) >= 11 is 0. The fourth-order valence-electron chi connectivity index (χ4n) is 3.78. The first-order chi connectivity index (χ1) is 10.1. The first kappa shape index (κ1) is 14.4. The Labute approximate surface area is 124 Å². The molecule has 1 aromatic carbocycles. The number of carbonyl (C=O) groups is 1. The summed E-state index contributed by atoms with van der Waals surface area (Å²) in [4.78, 5) is 11.5. The van der Waals surface area contributed by atoms with Crippen LogP contribution in [0.5, 0.6) is 5.75 Å². The van der Waals surface area contributed by atoms with E-state index in [1.165, 1.54) is 0 Å².